The molecule has 1 aromatic heterocycles. The number of aromatic nitrogens is 2. The molecule has 2 heterocycles. The van der Waals surface area contributed by atoms with Crippen LogP contribution in [0.25, 0.3) is 0 Å². The number of amides is 1. The lowest BCUT2D eigenvalue weighted by atomic mass is 10.2. The molecule has 0 bridgehead atoms. The van der Waals surface area contributed by atoms with Crippen molar-refractivity contribution in [3.8, 4) is 11.5 Å². The van der Waals surface area contributed by atoms with Crippen LogP contribution in [0.2, 0.25) is 5.02 Å². The van der Waals surface area contributed by atoms with Crippen LogP contribution in [-0.4, -0.2) is 38.2 Å². The molecule has 1 fully saturated rings. The molecule has 33 heavy (non-hydrogen) atoms. The smallest absolute Gasteiger partial charge is 0.265 e. The van der Waals surface area contributed by atoms with Gasteiger partial charge in [-0.3, -0.25) is 14.4 Å². The van der Waals surface area contributed by atoms with E-state index in [1.807, 2.05) is 0 Å². The largest absolute Gasteiger partial charge is 0.495 e. The number of rotatable bonds is 7. The second-order valence-corrected chi connectivity index (χ2v) is 9.71. The molecular weight excluding hydrogens is 472 g/mol. The zero-order valence-electron chi connectivity index (χ0n) is 17.4. The van der Waals surface area contributed by atoms with Gasteiger partial charge in [0.25, 0.3) is 15.9 Å². The van der Waals surface area contributed by atoms with Crippen molar-refractivity contribution in [3.05, 3.63) is 53.1 Å². The molecule has 2 aromatic carbocycles. The summed E-state index contributed by atoms with van der Waals surface area (Å²) in [6.07, 6.45) is 2.02. The summed E-state index contributed by atoms with van der Waals surface area (Å²) in [5.74, 6) is 1.42. The molecule has 0 atom stereocenters. The maximum atomic E-state index is 13.1. The summed E-state index contributed by atoms with van der Waals surface area (Å²) in [7, 11) is -2.64. The molecule has 5 rings (SSSR count). The number of methoxy groups -OCH3 is 1. The van der Waals surface area contributed by atoms with Crippen molar-refractivity contribution in [2.75, 3.05) is 23.3 Å². The molecule has 0 radical (unpaired) electrons. The van der Waals surface area contributed by atoms with Gasteiger partial charge in [0.15, 0.2) is 12.4 Å². The van der Waals surface area contributed by atoms with E-state index in [0.717, 1.165) is 12.8 Å². The summed E-state index contributed by atoms with van der Waals surface area (Å²) in [4.78, 5) is 18.1. The van der Waals surface area contributed by atoms with Crippen molar-refractivity contribution in [2.24, 2.45) is 0 Å². The molecule has 1 N–H and O–H groups in total. The van der Waals surface area contributed by atoms with E-state index in [1.54, 1.807) is 24.3 Å². The molecule has 10 nitrogen and oxygen atoms in total. The number of hydrogen-bond donors (Lipinski definition) is 1. The third kappa shape index (κ3) is 4.21. The first kappa shape index (κ1) is 21.5. The molecule has 1 amide bonds. The van der Waals surface area contributed by atoms with Crippen LogP contribution in [0.15, 0.2) is 45.8 Å². The van der Waals surface area contributed by atoms with Crippen LogP contribution in [-0.2, 0) is 21.4 Å². The minimum absolute atomic E-state index is 0.0489. The highest BCUT2D eigenvalue weighted by molar-refractivity contribution is 7.92. The highest BCUT2D eigenvalue weighted by Crippen LogP contribution is 2.41. The number of halogens is 1. The third-order valence-electron chi connectivity index (χ3n) is 5.31. The van der Waals surface area contributed by atoms with Crippen molar-refractivity contribution < 1.29 is 27.2 Å². The van der Waals surface area contributed by atoms with E-state index in [1.165, 1.54) is 24.1 Å². The number of para-hydroxylation sites is 2. The quantitative estimate of drug-likeness (QED) is 0.534. The van der Waals surface area contributed by atoms with Crippen molar-refractivity contribution >= 4 is 38.9 Å². The standard InChI is InChI=1S/C21H19ClN4O6S/c1-30-16-5-3-2-4-14(16)25-33(28,29)18-9-17-15(8-13(18)22)26(20(27)11-31-17)10-19-23-21(32-24-19)12-6-7-12/h2-5,8-9,12,25H,6-7,10-11H2,1H3. The Kier molecular flexibility index (Phi) is 5.37. The molecule has 0 spiro atoms. The molecule has 1 aliphatic heterocycles. The van der Waals surface area contributed by atoms with Crippen LogP contribution in [0.5, 0.6) is 11.5 Å². The van der Waals surface area contributed by atoms with Gasteiger partial charge in [-0.15, -0.1) is 0 Å². The summed E-state index contributed by atoms with van der Waals surface area (Å²) in [6, 6.07) is 9.27. The van der Waals surface area contributed by atoms with E-state index in [4.69, 9.17) is 25.6 Å². The number of carbonyl (C=O) groups is 1. The monoisotopic (exact) mass is 490 g/mol. The number of anilines is 2. The van der Waals surface area contributed by atoms with Crippen molar-refractivity contribution in [1.82, 2.24) is 10.1 Å². The minimum atomic E-state index is -4.08. The number of fused-ring (bicyclic) bond motifs is 1. The Labute approximate surface area is 194 Å². The number of sulfonamides is 1. The predicted molar refractivity (Wildman–Crippen MR) is 118 cm³/mol. The molecule has 3 aromatic rings. The summed E-state index contributed by atoms with van der Waals surface area (Å²) < 4.78 is 44.6. The Bertz CT molecular complexity index is 1340. The van der Waals surface area contributed by atoms with E-state index >= 15 is 0 Å². The summed E-state index contributed by atoms with van der Waals surface area (Å²) >= 11 is 6.36. The molecule has 12 heteroatoms. The maximum Gasteiger partial charge on any atom is 0.265 e. The van der Waals surface area contributed by atoms with Crippen LogP contribution < -0.4 is 19.1 Å². The highest BCUT2D eigenvalue weighted by Gasteiger charge is 2.33. The Morgan fingerprint density at radius 1 is 1.27 bits per heavy atom. The number of benzene rings is 2. The predicted octanol–water partition coefficient (Wildman–Crippen LogP) is 3.34. The Morgan fingerprint density at radius 2 is 2.06 bits per heavy atom. The highest BCUT2D eigenvalue weighted by atomic mass is 35.5. The molecule has 0 unspecified atom stereocenters. The van der Waals surface area contributed by atoms with Gasteiger partial charge >= 0.3 is 0 Å². The van der Waals surface area contributed by atoms with Gasteiger partial charge in [0, 0.05) is 12.0 Å². The minimum Gasteiger partial charge on any atom is -0.495 e. The fourth-order valence-electron chi connectivity index (χ4n) is 3.48. The van der Waals surface area contributed by atoms with Gasteiger partial charge < -0.3 is 14.0 Å². The van der Waals surface area contributed by atoms with Gasteiger partial charge in [-0.1, -0.05) is 28.9 Å². The Hall–Kier alpha value is -3.31. The maximum absolute atomic E-state index is 13.1. The molecule has 1 saturated carbocycles. The van der Waals surface area contributed by atoms with E-state index in [-0.39, 0.29) is 46.3 Å². The van der Waals surface area contributed by atoms with E-state index in [9.17, 15) is 13.2 Å². The van der Waals surface area contributed by atoms with Crippen LogP contribution in [0.3, 0.4) is 0 Å². The van der Waals surface area contributed by atoms with Gasteiger partial charge in [-0.2, -0.15) is 4.98 Å². The summed E-state index contributed by atoms with van der Waals surface area (Å²) in [5.41, 5.74) is 0.584. The van der Waals surface area contributed by atoms with Gasteiger partial charge in [-0.25, -0.2) is 8.42 Å². The first-order chi connectivity index (χ1) is 15.9. The second kappa shape index (κ2) is 8.23. The van der Waals surface area contributed by atoms with E-state index in [2.05, 4.69) is 14.9 Å². The fourth-order valence-corrected chi connectivity index (χ4v) is 5.09. The number of nitrogens with zero attached hydrogens (tertiary/aromatic N) is 3. The summed E-state index contributed by atoms with van der Waals surface area (Å²) in [6.45, 7) is -0.214. The average molecular weight is 491 g/mol. The van der Waals surface area contributed by atoms with Crippen LogP contribution >= 0.6 is 11.6 Å². The van der Waals surface area contributed by atoms with Crippen molar-refractivity contribution in [3.63, 3.8) is 0 Å². The van der Waals surface area contributed by atoms with Crippen molar-refractivity contribution in [2.45, 2.75) is 30.2 Å². The zero-order chi connectivity index (χ0) is 23.2. The fraction of sp³-hybridized carbons (Fsp3) is 0.286. The SMILES string of the molecule is COc1ccccc1NS(=O)(=O)c1cc2c(cc1Cl)N(Cc1noc(C3CC3)n1)C(=O)CO2. The van der Waals surface area contributed by atoms with Gasteiger partial charge in [0.1, 0.15) is 16.4 Å². The summed E-state index contributed by atoms with van der Waals surface area (Å²) in [5, 5.41) is 3.87. The molecule has 2 aliphatic rings. The lowest BCUT2D eigenvalue weighted by molar-refractivity contribution is -0.121. The molecule has 1 aliphatic carbocycles. The normalized spacial score (nSPS) is 15.7. The zero-order valence-corrected chi connectivity index (χ0v) is 19.0. The van der Waals surface area contributed by atoms with E-state index < -0.39 is 10.0 Å². The van der Waals surface area contributed by atoms with Crippen molar-refractivity contribution in [1.29, 1.82) is 0 Å². The number of hydrogen-bond acceptors (Lipinski definition) is 8. The third-order valence-corrected chi connectivity index (χ3v) is 7.14. The van der Waals surface area contributed by atoms with E-state index in [0.29, 0.717) is 23.2 Å². The second-order valence-electron chi connectivity index (χ2n) is 7.65. The average Bonchev–Trinajstić information content (AvgIpc) is 3.54. The topological polar surface area (TPSA) is 124 Å². The number of ether oxygens (including phenoxy) is 2. The van der Waals surface area contributed by atoms with Crippen LogP contribution in [0.4, 0.5) is 11.4 Å². The van der Waals surface area contributed by atoms with Gasteiger partial charge in [0.05, 0.1) is 30.1 Å². The molecule has 0 saturated heterocycles. The lowest BCUT2D eigenvalue weighted by Crippen LogP contribution is -2.38. The molecular formula is C21H19ClN4O6S. The van der Waals surface area contributed by atoms with Gasteiger partial charge in [-0.05, 0) is 31.0 Å². The number of carbonyl (C=O) groups excluding carboxylic acids is 1. The first-order valence-electron chi connectivity index (χ1n) is 10.1. The van der Waals surface area contributed by atoms with Crippen LogP contribution in [0.1, 0.15) is 30.5 Å². The Morgan fingerprint density at radius 3 is 2.82 bits per heavy atom. The Balaban J connectivity index is 1.45. The number of nitrogens with one attached hydrogen (secondary N) is 1. The van der Waals surface area contributed by atoms with Gasteiger partial charge in [0.2, 0.25) is 5.89 Å². The lowest BCUT2D eigenvalue weighted by Gasteiger charge is -2.29. The molecule has 172 valence electrons. The first-order valence-corrected chi connectivity index (χ1v) is 12.0. The van der Waals surface area contributed by atoms with Crippen LogP contribution in [0, 0.1) is 0 Å².